The molecule has 0 atom stereocenters. The van der Waals surface area contributed by atoms with E-state index >= 15 is 0 Å². The molecule has 6 heteroatoms. The first-order chi connectivity index (χ1) is 9.69. The smallest absolute Gasteiger partial charge is 0.193 e. The molecule has 0 saturated carbocycles. The number of aliphatic imine (C=N–C) groups is 1. The molecule has 0 radical (unpaired) electrons. The molecule has 120 valence electrons. The van der Waals surface area contributed by atoms with E-state index in [1.165, 1.54) is 18.6 Å². The summed E-state index contributed by atoms with van der Waals surface area (Å²) >= 11 is 8.08. The SMILES string of the molecule is CN=C(NCCCCSC)N(C)Cc1ccccc1Cl.I. The van der Waals surface area contributed by atoms with Crippen LogP contribution in [0, 0.1) is 0 Å². The largest absolute Gasteiger partial charge is 0.356 e. The van der Waals surface area contributed by atoms with Gasteiger partial charge >= 0.3 is 0 Å². The van der Waals surface area contributed by atoms with Gasteiger partial charge in [-0.25, -0.2) is 0 Å². The average Bonchev–Trinajstić information content (AvgIpc) is 2.45. The number of unbranched alkanes of at least 4 members (excludes halogenated alkanes) is 1. The Bertz CT molecular complexity index is 429. The zero-order valence-corrected chi connectivity index (χ0v) is 16.8. The molecule has 0 aliphatic carbocycles. The van der Waals surface area contributed by atoms with Gasteiger partial charge in [0, 0.05) is 32.2 Å². The third kappa shape index (κ3) is 8.16. The number of hydrogen-bond acceptors (Lipinski definition) is 2. The lowest BCUT2D eigenvalue weighted by atomic mass is 10.2. The summed E-state index contributed by atoms with van der Waals surface area (Å²) in [5, 5.41) is 4.19. The number of thioether (sulfide) groups is 1. The van der Waals surface area contributed by atoms with Gasteiger partial charge < -0.3 is 10.2 Å². The van der Waals surface area contributed by atoms with Crippen LogP contribution in [0.15, 0.2) is 29.3 Å². The zero-order valence-electron chi connectivity index (χ0n) is 12.9. The fourth-order valence-electron chi connectivity index (χ4n) is 1.91. The molecule has 0 aliphatic rings. The predicted octanol–water partition coefficient (Wildman–Crippen LogP) is 4.11. The molecular weight excluding hydrogens is 417 g/mol. The van der Waals surface area contributed by atoms with Crippen LogP contribution in [-0.4, -0.2) is 43.5 Å². The molecule has 0 amide bonds. The summed E-state index contributed by atoms with van der Waals surface area (Å²) in [5.41, 5.74) is 1.11. The van der Waals surface area contributed by atoms with Gasteiger partial charge in [-0.15, -0.1) is 24.0 Å². The van der Waals surface area contributed by atoms with Crippen molar-refractivity contribution in [1.82, 2.24) is 10.2 Å². The molecule has 21 heavy (non-hydrogen) atoms. The van der Waals surface area contributed by atoms with Gasteiger partial charge in [0.15, 0.2) is 5.96 Å². The third-order valence-corrected chi connectivity index (χ3v) is 4.06. The molecule has 0 spiro atoms. The number of nitrogens with zero attached hydrogens (tertiary/aromatic N) is 2. The zero-order chi connectivity index (χ0) is 14.8. The first-order valence-electron chi connectivity index (χ1n) is 6.83. The van der Waals surface area contributed by atoms with Gasteiger partial charge in [0.05, 0.1) is 0 Å². The fourth-order valence-corrected chi connectivity index (χ4v) is 2.60. The maximum Gasteiger partial charge on any atom is 0.193 e. The van der Waals surface area contributed by atoms with E-state index in [0.717, 1.165) is 29.6 Å². The lowest BCUT2D eigenvalue weighted by Crippen LogP contribution is -2.38. The highest BCUT2D eigenvalue weighted by atomic mass is 127. The number of guanidine groups is 1. The number of hydrogen-bond donors (Lipinski definition) is 1. The monoisotopic (exact) mass is 441 g/mol. The minimum atomic E-state index is 0. The lowest BCUT2D eigenvalue weighted by Gasteiger charge is -2.22. The van der Waals surface area contributed by atoms with E-state index in [1.54, 1.807) is 0 Å². The van der Waals surface area contributed by atoms with Crippen molar-refractivity contribution in [3.05, 3.63) is 34.9 Å². The molecule has 1 N–H and O–H groups in total. The maximum absolute atomic E-state index is 6.19. The first-order valence-corrected chi connectivity index (χ1v) is 8.60. The maximum atomic E-state index is 6.19. The molecule has 0 unspecified atom stereocenters. The highest BCUT2D eigenvalue weighted by Crippen LogP contribution is 2.16. The van der Waals surface area contributed by atoms with Crippen LogP contribution in [0.25, 0.3) is 0 Å². The van der Waals surface area contributed by atoms with E-state index < -0.39 is 0 Å². The molecule has 0 saturated heterocycles. The van der Waals surface area contributed by atoms with Crippen LogP contribution >= 0.6 is 47.3 Å². The molecule has 3 nitrogen and oxygen atoms in total. The molecule has 0 bridgehead atoms. The number of nitrogens with one attached hydrogen (secondary N) is 1. The van der Waals surface area contributed by atoms with Crippen molar-refractivity contribution in [2.75, 3.05) is 32.6 Å². The van der Waals surface area contributed by atoms with E-state index in [1.807, 2.05) is 50.1 Å². The minimum absolute atomic E-state index is 0. The van der Waals surface area contributed by atoms with Crippen LogP contribution in [0.5, 0.6) is 0 Å². The lowest BCUT2D eigenvalue weighted by molar-refractivity contribution is 0.475. The van der Waals surface area contributed by atoms with Gasteiger partial charge in [-0.3, -0.25) is 4.99 Å². The fraction of sp³-hybridized carbons (Fsp3) is 0.533. The van der Waals surface area contributed by atoms with Crippen molar-refractivity contribution in [2.24, 2.45) is 4.99 Å². The molecule has 1 aromatic rings. The minimum Gasteiger partial charge on any atom is -0.356 e. The van der Waals surface area contributed by atoms with Crippen LogP contribution in [0.1, 0.15) is 18.4 Å². The third-order valence-electron chi connectivity index (χ3n) is 3.00. The number of benzene rings is 1. The topological polar surface area (TPSA) is 27.6 Å². The first kappa shape index (κ1) is 20.9. The summed E-state index contributed by atoms with van der Waals surface area (Å²) < 4.78 is 0. The number of rotatable bonds is 7. The van der Waals surface area contributed by atoms with Crippen molar-refractivity contribution in [2.45, 2.75) is 19.4 Å². The quantitative estimate of drug-likeness (QED) is 0.299. The van der Waals surface area contributed by atoms with Gasteiger partial charge in [0.1, 0.15) is 0 Å². The molecule has 1 rings (SSSR count). The van der Waals surface area contributed by atoms with Crippen molar-refractivity contribution in [1.29, 1.82) is 0 Å². The molecule has 0 fully saturated rings. The van der Waals surface area contributed by atoms with Crippen molar-refractivity contribution >= 4 is 53.3 Å². The molecule has 0 aromatic heterocycles. The van der Waals surface area contributed by atoms with Crippen LogP contribution < -0.4 is 5.32 Å². The second kappa shape index (κ2) is 12.4. The Labute approximate surface area is 154 Å². The van der Waals surface area contributed by atoms with Gasteiger partial charge in [-0.1, -0.05) is 29.8 Å². The highest BCUT2D eigenvalue weighted by molar-refractivity contribution is 14.0. The van der Waals surface area contributed by atoms with E-state index in [4.69, 9.17) is 11.6 Å². The van der Waals surface area contributed by atoms with E-state index in [0.29, 0.717) is 0 Å². The molecule has 0 heterocycles. The standard InChI is InChI=1S/C15H24ClN3S.HI/c1-17-15(18-10-6-7-11-20-3)19(2)12-13-8-4-5-9-14(13)16;/h4-5,8-9H,6-7,10-12H2,1-3H3,(H,17,18);1H. The predicted molar refractivity (Wildman–Crippen MR) is 107 cm³/mol. The summed E-state index contributed by atoms with van der Waals surface area (Å²) in [6.07, 6.45) is 4.54. The average molecular weight is 442 g/mol. The Hall–Kier alpha value is -0.140. The summed E-state index contributed by atoms with van der Waals surface area (Å²) in [6, 6.07) is 7.92. The van der Waals surface area contributed by atoms with E-state index in [-0.39, 0.29) is 24.0 Å². The number of halogens is 2. The van der Waals surface area contributed by atoms with E-state index in [9.17, 15) is 0 Å². The van der Waals surface area contributed by atoms with Crippen LogP contribution in [0.2, 0.25) is 5.02 Å². The Morgan fingerprint density at radius 1 is 1.33 bits per heavy atom. The van der Waals surface area contributed by atoms with Crippen molar-refractivity contribution < 1.29 is 0 Å². The van der Waals surface area contributed by atoms with Crippen molar-refractivity contribution in [3.63, 3.8) is 0 Å². The van der Waals surface area contributed by atoms with Crippen LogP contribution in [0.3, 0.4) is 0 Å². The Morgan fingerprint density at radius 2 is 2.05 bits per heavy atom. The van der Waals surface area contributed by atoms with Crippen LogP contribution in [-0.2, 0) is 6.54 Å². The molecular formula is C15H25ClIN3S. The normalized spacial score (nSPS) is 11.0. The second-order valence-corrected chi connectivity index (χ2v) is 6.01. The Kier molecular flexibility index (Phi) is 12.3. The Balaban J connectivity index is 0.00000400. The van der Waals surface area contributed by atoms with Gasteiger partial charge in [0.2, 0.25) is 0 Å². The van der Waals surface area contributed by atoms with Gasteiger partial charge in [-0.05, 0) is 36.5 Å². The second-order valence-electron chi connectivity index (χ2n) is 4.62. The summed E-state index contributed by atoms with van der Waals surface area (Å²) in [5.74, 6) is 2.13. The summed E-state index contributed by atoms with van der Waals surface area (Å²) in [4.78, 5) is 6.41. The van der Waals surface area contributed by atoms with E-state index in [2.05, 4.69) is 21.5 Å². The Morgan fingerprint density at radius 3 is 2.67 bits per heavy atom. The molecule has 1 aromatic carbocycles. The van der Waals surface area contributed by atoms with Gasteiger partial charge in [0.25, 0.3) is 0 Å². The highest BCUT2D eigenvalue weighted by Gasteiger charge is 2.08. The summed E-state index contributed by atoms with van der Waals surface area (Å²) in [7, 11) is 3.84. The van der Waals surface area contributed by atoms with Crippen LogP contribution in [0.4, 0.5) is 0 Å². The van der Waals surface area contributed by atoms with Gasteiger partial charge in [-0.2, -0.15) is 11.8 Å². The van der Waals surface area contributed by atoms with Crippen molar-refractivity contribution in [3.8, 4) is 0 Å². The summed E-state index contributed by atoms with van der Waals surface area (Å²) in [6.45, 7) is 1.71. The molecule has 0 aliphatic heterocycles.